The van der Waals surface area contributed by atoms with Gasteiger partial charge in [0.2, 0.25) is 5.78 Å². The van der Waals surface area contributed by atoms with Crippen LogP contribution >= 0.6 is 0 Å². The lowest BCUT2D eigenvalue weighted by atomic mass is 9.57. The van der Waals surface area contributed by atoms with Gasteiger partial charge in [0.25, 0.3) is 5.91 Å². The van der Waals surface area contributed by atoms with E-state index in [1.54, 1.807) is 32.3 Å². The number of ketones is 2. The Hall–Kier alpha value is -3.47. The lowest BCUT2D eigenvalue weighted by Crippen LogP contribution is -2.65. The van der Waals surface area contributed by atoms with Crippen LogP contribution in [0.15, 0.2) is 41.7 Å². The van der Waals surface area contributed by atoms with Crippen LogP contribution in [0.2, 0.25) is 0 Å². The van der Waals surface area contributed by atoms with Gasteiger partial charge in [-0.25, -0.2) is 0 Å². The number of phenolic OH excluding ortho intramolecular Hbond substituents is 1. The van der Waals surface area contributed by atoms with Crippen molar-refractivity contribution in [2.45, 2.75) is 31.0 Å². The molecule has 0 saturated heterocycles. The minimum atomic E-state index is -2.64. The second-order valence-corrected chi connectivity index (χ2v) is 10.1. The van der Waals surface area contributed by atoms with Crippen LogP contribution in [0.4, 0.5) is 0 Å². The maximum absolute atomic E-state index is 13.8. The number of phenols is 1. The summed E-state index contributed by atoms with van der Waals surface area (Å²) in [5, 5.41) is 44.8. The molecule has 3 aliphatic carbocycles. The quantitative estimate of drug-likeness (QED) is 0.279. The monoisotopic (exact) mass is 497 g/mol. The highest BCUT2D eigenvalue weighted by Crippen LogP contribution is 2.52. The highest BCUT2D eigenvalue weighted by atomic mass is 16.3. The van der Waals surface area contributed by atoms with E-state index >= 15 is 0 Å². The van der Waals surface area contributed by atoms with Gasteiger partial charge in [-0.3, -0.25) is 24.2 Å². The first kappa shape index (κ1) is 25.6. The summed E-state index contributed by atoms with van der Waals surface area (Å²) in [6.45, 7) is 4.62. The zero-order valence-corrected chi connectivity index (χ0v) is 20.5. The molecule has 6 N–H and O–H groups in total. The average Bonchev–Trinajstić information content (AvgIpc) is 2.78. The average molecular weight is 498 g/mol. The van der Waals surface area contributed by atoms with Crippen molar-refractivity contribution < 1.29 is 34.8 Å². The number of carbonyl (C=O) groups is 3. The molecule has 0 spiro atoms. The van der Waals surface area contributed by atoms with E-state index in [1.807, 2.05) is 11.9 Å². The summed E-state index contributed by atoms with van der Waals surface area (Å²) >= 11 is 0. The molecule has 10 nitrogen and oxygen atoms in total. The van der Waals surface area contributed by atoms with E-state index < -0.39 is 58.0 Å². The van der Waals surface area contributed by atoms with Crippen LogP contribution in [0.3, 0.4) is 0 Å². The molecule has 36 heavy (non-hydrogen) atoms. The van der Waals surface area contributed by atoms with Crippen molar-refractivity contribution >= 4 is 23.2 Å². The van der Waals surface area contributed by atoms with E-state index in [9.17, 15) is 34.8 Å². The molecule has 1 aromatic carbocycles. The molecular weight excluding hydrogens is 466 g/mol. The van der Waals surface area contributed by atoms with Gasteiger partial charge in [-0.2, -0.15) is 0 Å². The fourth-order valence-corrected chi connectivity index (χ4v) is 5.97. The van der Waals surface area contributed by atoms with Crippen LogP contribution in [0.5, 0.6) is 5.75 Å². The number of amides is 1. The molecule has 1 aromatic rings. The van der Waals surface area contributed by atoms with Crippen LogP contribution in [0.1, 0.15) is 23.1 Å². The van der Waals surface area contributed by atoms with Gasteiger partial charge in [0.15, 0.2) is 11.4 Å². The molecule has 1 fully saturated rings. The van der Waals surface area contributed by atoms with Gasteiger partial charge < -0.3 is 26.2 Å². The van der Waals surface area contributed by atoms with Gasteiger partial charge in [-0.15, -0.1) is 6.58 Å². The summed E-state index contributed by atoms with van der Waals surface area (Å²) in [5.41, 5.74) is 2.95. The normalized spacial score (nSPS) is 27.8. The number of aromatic hydroxyl groups is 1. The Morgan fingerprint density at radius 3 is 2.47 bits per heavy atom. The zero-order chi connectivity index (χ0) is 26.7. The van der Waals surface area contributed by atoms with Crippen molar-refractivity contribution in [2.75, 3.05) is 27.7 Å². The molecule has 4 atom stereocenters. The number of likely N-dealkylation sites (N-methyl/N-ethyl adjacent to an activating group) is 2. The van der Waals surface area contributed by atoms with Gasteiger partial charge in [0, 0.05) is 30.1 Å². The number of aliphatic hydroxyl groups excluding tert-OH is 2. The fourth-order valence-electron chi connectivity index (χ4n) is 5.97. The highest BCUT2D eigenvalue weighted by molar-refractivity contribution is 6.24. The summed E-state index contributed by atoms with van der Waals surface area (Å²) in [5.74, 6) is -6.48. The lowest BCUT2D eigenvalue weighted by molar-refractivity contribution is -0.153. The Morgan fingerprint density at radius 1 is 1.22 bits per heavy atom. The van der Waals surface area contributed by atoms with E-state index in [4.69, 9.17) is 5.73 Å². The third-order valence-corrected chi connectivity index (χ3v) is 7.56. The third-order valence-electron chi connectivity index (χ3n) is 7.56. The van der Waals surface area contributed by atoms with E-state index in [0.29, 0.717) is 24.2 Å². The van der Waals surface area contributed by atoms with E-state index in [2.05, 4.69) is 6.58 Å². The summed E-state index contributed by atoms with van der Waals surface area (Å²) in [7, 11) is 4.97. The largest absolute Gasteiger partial charge is 0.508 e. The van der Waals surface area contributed by atoms with Crippen LogP contribution < -0.4 is 5.73 Å². The third kappa shape index (κ3) is 3.56. The predicted molar refractivity (Wildman–Crippen MR) is 131 cm³/mol. The Labute approximate surface area is 208 Å². The molecule has 1 saturated carbocycles. The molecule has 1 amide bonds. The number of rotatable bonds is 6. The predicted octanol–water partition coefficient (Wildman–Crippen LogP) is 0.582. The molecule has 10 heteroatoms. The Kier molecular flexibility index (Phi) is 6.32. The first-order valence-electron chi connectivity index (χ1n) is 11.6. The Bertz CT molecular complexity index is 1250. The number of nitrogens with two attached hydrogens (primary N) is 1. The van der Waals surface area contributed by atoms with Crippen molar-refractivity contribution in [1.29, 1.82) is 0 Å². The minimum absolute atomic E-state index is 0.0658. The number of fused-ring (bicyclic) bond motifs is 3. The lowest BCUT2D eigenvalue weighted by Gasteiger charge is -2.50. The molecule has 0 bridgehead atoms. The smallest absolute Gasteiger partial charge is 0.255 e. The summed E-state index contributed by atoms with van der Waals surface area (Å²) in [6.07, 6.45) is 2.05. The second-order valence-electron chi connectivity index (χ2n) is 10.1. The van der Waals surface area contributed by atoms with Crippen molar-refractivity contribution in [1.82, 2.24) is 9.80 Å². The molecule has 0 unspecified atom stereocenters. The van der Waals surface area contributed by atoms with Crippen molar-refractivity contribution in [2.24, 2.45) is 17.6 Å². The number of nitrogens with zero attached hydrogens (tertiary/aromatic N) is 2. The van der Waals surface area contributed by atoms with Gasteiger partial charge in [-0.1, -0.05) is 18.2 Å². The highest BCUT2D eigenvalue weighted by Gasteiger charge is 2.64. The molecule has 0 radical (unpaired) electrons. The van der Waals surface area contributed by atoms with E-state index in [1.165, 1.54) is 4.90 Å². The van der Waals surface area contributed by atoms with E-state index in [0.717, 1.165) is 0 Å². The van der Waals surface area contributed by atoms with Gasteiger partial charge in [0.05, 0.1) is 11.6 Å². The number of hydrogen-bond donors (Lipinski definition) is 5. The first-order valence-corrected chi connectivity index (χ1v) is 11.6. The molecule has 0 aromatic heterocycles. The molecule has 3 aliphatic rings. The van der Waals surface area contributed by atoms with Crippen LogP contribution in [-0.2, 0) is 27.3 Å². The number of Topliss-reactive ketones (excluding diaryl/α,β-unsaturated/α-hetero) is 2. The van der Waals surface area contributed by atoms with Crippen molar-refractivity contribution in [3.63, 3.8) is 0 Å². The molecular formula is C26H31N3O7. The topological polar surface area (TPSA) is 165 Å². The number of primary amides is 1. The van der Waals surface area contributed by atoms with Crippen molar-refractivity contribution in [3.8, 4) is 5.75 Å². The Morgan fingerprint density at radius 2 is 1.89 bits per heavy atom. The maximum Gasteiger partial charge on any atom is 0.255 e. The van der Waals surface area contributed by atoms with Crippen LogP contribution in [-0.4, -0.2) is 87.0 Å². The number of carbonyl (C=O) groups excluding carboxylic acids is 3. The number of hydrogen-bond acceptors (Lipinski definition) is 9. The van der Waals surface area contributed by atoms with Crippen molar-refractivity contribution in [3.05, 3.63) is 58.4 Å². The standard InChI is InChI=1S/C26H31N3O7/c1-5-8-29(4)11-13-7-6-12-9-14-10-15-19(28(2)3)22(32)18(25(27)35)24(34)26(15,36)23(33)17(14)21(31)16(12)20(13)30/h5-7,14-15,19,30-31,34,36H,1,8-11H2,2-4H3,(H2,27,35)/t14-,15-,19-,26-/m0/s1. The molecule has 0 aliphatic heterocycles. The SMILES string of the molecule is C=CCN(C)Cc1ccc2c(c1O)C(O)=C1C(=O)[C@]3(O)C(O)=C(C(N)=O)C(=O)[C@@H](N(C)C)[C@@H]3C[C@@H]1C2. The van der Waals surface area contributed by atoms with E-state index in [-0.39, 0.29) is 29.7 Å². The fraction of sp³-hybridized carbons (Fsp3) is 0.423. The zero-order valence-electron chi connectivity index (χ0n) is 20.5. The minimum Gasteiger partial charge on any atom is -0.508 e. The molecule has 192 valence electrons. The molecule has 4 rings (SSSR count). The van der Waals surface area contributed by atoms with Gasteiger partial charge in [-0.05, 0) is 45.5 Å². The summed E-state index contributed by atoms with van der Waals surface area (Å²) < 4.78 is 0. The Balaban J connectivity index is 1.88. The van der Waals surface area contributed by atoms with Crippen LogP contribution in [0.25, 0.3) is 5.76 Å². The summed E-state index contributed by atoms with van der Waals surface area (Å²) in [6, 6.07) is 2.44. The summed E-state index contributed by atoms with van der Waals surface area (Å²) in [4.78, 5) is 42.3. The first-order chi connectivity index (χ1) is 16.9. The van der Waals surface area contributed by atoms with Gasteiger partial charge >= 0.3 is 0 Å². The van der Waals surface area contributed by atoms with Gasteiger partial charge in [0.1, 0.15) is 22.8 Å². The molecule has 0 heterocycles. The number of benzene rings is 1. The van der Waals surface area contributed by atoms with Crippen LogP contribution in [0, 0.1) is 11.8 Å². The number of aliphatic hydroxyl groups is 3. The second kappa shape index (κ2) is 8.88. The maximum atomic E-state index is 13.8.